The molecule has 226 valence electrons. The van der Waals surface area contributed by atoms with Crippen LogP contribution < -0.4 is 20.7 Å². The predicted octanol–water partition coefficient (Wildman–Crippen LogP) is 1.14. The van der Waals surface area contributed by atoms with Crippen molar-refractivity contribution in [3.8, 4) is 16.3 Å². The van der Waals surface area contributed by atoms with Crippen molar-refractivity contribution in [3.05, 3.63) is 76.4 Å². The first kappa shape index (κ1) is 30.4. The van der Waals surface area contributed by atoms with Gasteiger partial charge in [0.1, 0.15) is 33.4 Å². The molecule has 1 aliphatic carbocycles. The highest BCUT2D eigenvalue weighted by Crippen LogP contribution is 2.40. The van der Waals surface area contributed by atoms with E-state index in [0.29, 0.717) is 45.7 Å². The molecule has 0 atom stereocenters. The standard InChI is InChI=1S/C30H32B3N7O4S/c1-44-25-19(28-34-14-22(45-28)29(43)40-12-11-16-5-2-3-6-18(16)15-40)7-4-8-20(25)35-21-13-23(36-26(41)17-9-10-17)38-39-24(21)27(42)37-30(31,32)33/h2-8,13-14,17H,9-12,15,31-33H2,1H3,(H,37,42)(H2,35,36,38,41). The van der Waals surface area contributed by atoms with Gasteiger partial charge in [0, 0.05) is 25.1 Å². The number of hydrogen-bond acceptors (Lipinski definition) is 9. The molecule has 2 aliphatic rings. The number of amides is 3. The lowest BCUT2D eigenvalue weighted by Crippen LogP contribution is -2.50. The fourth-order valence-electron chi connectivity index (χ4n) is 5.18. The number of fused-ring (bicyclic) bond motifs is 1. The zero-order chi connectivity index (χ0) is 31.7. The van der Waals surface area contributed by atoms with Gasteiger partial charge in [-0.1, -0.05) is 30.3 Å². The molecule has 0 radical (unpaired) electrons. The first-order valence-corrected chi connectivity index (χ1v) is 15.7. The summed E-state index contributed by atoms with van der Waals surface area (Å²) >= 11 is 1.30. The van der Waals surface area contributed by atoms with Crippen molar-refractivity contribution in [2.75, 3.05) is 24.3 Å². The monoisotopic (exact) mass is 619 g/mol. The molecule has 45 heavy (non-hydrogen) atoms. The van der Waals surface area contributed by atoms with Crippen molar-refractivity contribution in [1.29, 1.82) is 0 Å². The van der Waals surface area contributed by atoms with Crippen LogP contribution in [0.5, 0.6) is 5.75 Å². The number of carbonyl (C=O) groups is 3. The van der Waals surface area contributed by atoms with Crippen molar-refractivity contribution in [1.82, 2.24) is 25.4 Å². The number of methoxy groups -OCH3 is 1. The van der Waals surface area contributed by atoms with Gasteiger partial charge < -0.3 is 25.6 Å². The van der Waals surface area contributed by atoms with Gasteiger partial charge in [-0.15, -0.1) is 21.5 Å². The van der Waals surface area contributed by atoms with E-state index in [1.807, 2.05) is 58.8 Å². The lowest BCUT2D eigenvalue weighted by Gasteiger charge is -2.28. The summed E-state index contributed by atoms with van der Waals surface area (Å²) < 4.78 is 5.85. The van der Waals surface area contributed by atoms with Gasteiger partial charge in [-0.3, -0.25) is 14.4 Å². The third-order valence-electron chi connectivity index (χ3n) is 7.55. The zero-order valence-electron chi connectivity index (χ0n) is 25.6. The van der Waals surface area contributed by atoms with Gasteiger partial charge in [-0.05, 0) is 47.8 Å². The number of hydrogen-bond donors (Lipinski definition) is 3. The van der Waals surface area contributed by atoms with Gasteiger partial charge in [0.2, 0.25) is 5.91 Å². The highest BCUT2D eigenvalue weighted by atomic mass is 32.1. The third kappa shape index (κ3) is 6.88. The fraction of sp³-hybridized carbons (Fsp3) is 0.267. The van der Waals surface area contributed by atoms with E-state index in [1.54, 1.807) is 19.4 Å². The molecule has 2 aromatic carbocycles. The van der Waals surface area contributed by atoms with Gasteiger partial charge in [0.15, 0.2) is 17.3 Å². The summed E-state index contributed by atoms with van der Waals surface area (Å²) in [6.07, 6.45) is 4.12. The maximum absolute atomic E-state index is 13.4. The number of benzene rings is 2. The maximum Gasteiger partial charge on any atom is 0.272 e. The smallest absolute Gasteiger partial charge is 0.272 e. The minimum absolute atomic E-state index is 0.0235. The molecule has 4 aromatic rings. The van der Waals surface area contributed by atoms with Crippen LogP contribution in [0.3, 0.4) is 0 Å². The van der Waals surface area contributed by atoms with Crippen LogP contribution in [0.25, 0.3) is 10.6 Å². The normalized spacial score (nSPS) is 14.3. The number of thiazole rings is 1. The van der Waals surface area contributed by atoms with Gasteiger partial charge in [0.25, 0.3) is 11.8 Å². The van der Waals surface area contributed by atoms with E-state index in [1.165, 1.54) is 22.5 Å². The highest BCUT2D eigenvalue weighted by molar-refractivity contribution is 7.17. The molecule has 0 saturated heterocycles. The Kier molecular flexibility index (Phi) is 8.37. The SMILES string of the molecule is BC(B)(B)NC(=O)c1nnc(NC(=O)C2CC2)cc1Nc1cccc(-c2ncc(C(=O)N3CCc4ccccc4C3)s2)c1OC. The number of rotatable bonds is 9. The van der Waals surface area contributed by atoms with Gasteiger partial charge in [-0.2, -0.15) is 0 Å². The number of nitrogens with one attached hydrogen (secondary N) is 3. The molecule has 6 rings (SSSR count). The Morgan fingerprint density at radius 1 is 1.02 bits per heavy atom. The molecule has 3 N–H and O–H groups in total. The van der Waals surface area contributed by atoms with Gasteiger partial charge in [0.05, 0.1) is 30.2 Å². The van der Waals surface area contributed by atoms with E-state index in [2.05, 4.69) is 43.3 Å². The summed E-state index contributed by atoms with van der Waals surface area (Å²) in [6, 6.07) is 15.3. The number of carbonyl (C=O) groups excluding carboxylic acids is 3. The number of para-hydroxylation sites is 1. The summed E-state index contributed by atoms with van der Waals surface area (Å²) in [5.74, 6) is 0.0885. The third-order valence-corrected chi connectivity index (χ3v) is 8.57. The topological polar surface area (TPSA) is 138 Å². The van der Waals surface area contributed by atoms with E-state index < -0.39 is 11.1 Å². The van der Waals surface area contributed by atoms with E-state index in [4.69, 9.17) is 4.74 Å². The Morgan fingerprint density at radius 2 is 1.80 bits per heavy atom. The Bertz CT molecular complexity index is 1790. The van der Waals surface area contributed by atoms with E-state index >= 15 is 0 Å². The molecule has 0 bridgehead atoms. The molecule has 0 unspecified atom stereocenters. The summed E-state index contributed by atoms with van der Waals surface area (Å²) in [5, 5.41) is 17.4. The van der Waals surface area contributed by atoms with Crippen LogP contribution in [-0.2, 0) is 17.8 Å². The van der Waals surface area contributed by atoms with Crippen LogP contribution >= 0.6 is 11.3 Å². The molecular formula is C30H32B3N7O4S. The molecule has 1 fully saturated rings. The first-order chi connectivity index (χ1) is 21.6. The largest absolute Gasteiger partial charge is 0.494 e. The lowest BCUT2D eigenvalue weighted by atomic mass is 9.49. The van der Waals surface area contributed by atoms with Crippen molar-refractivity contribution < 1.29 is 19.1 Å². The second-order valence-electron chi connectivity index (χ2n) is 12.2. The van der Waals surface area contributed by atoms with Crippen LogP contribution in [-0.4, -0.2) is 80.2 Å². The maximum atomic E-state index is 13.4. The minimum atomic E-state index is -0.510. The summed E-state index contributed by atoms with van der Waals surface area (Å²) in [6.45, 7) is 1.22. The molecular weight excluding hydrogens is 587 g/mol. The van der Waals surface area contributed by atoms with Crippen molar-refractivity contribution in [2.45, 2.75) is 31.0 Å². The molecule has 2 aromatic heterocycles. The van der Waals surface area contributed by atoms with Crippen LogP contribution in [0.2, 0.25) is 0 Å². The van der Waals surface area contributed by atoms with E-state index in [0.717, 1.165) is 19.3 Å². The average molecular weight is 619 g/mol. The van der Waals surface area contributed by atoms with Crippen LogP contribution in [0, 0.1) is 5.92 Å². The molecule has 3 amide bonds. The second-order valence-corrected chi connectivity index (χ2v) is 13.3. The Morgan fingerprint density at radius 3 is 2.53 bits per heavy atom. The van der Waals surface area contributed by atoms with Crippen LogP contribution in [0.15, 0.2) is 54.7 Å². The highest BCUT2D eigenvalue weighted by Gasteiger charge is 2.31. The molecule has 0 spiro atoms. The van der Waals surface area contributed by atoms with Crippen LogP contribution in [0.4, 0.5) is 17.2 Å². The number of ether oxygens (including phenoxy) is 1. The van der Waals surface area contributed by atoms with E-state index in [9.17, 15) is 14.4 Å². The number of anilines is 3. The van der Waals surface area contributed by atoms with Gasteiger partial charge >= 0.3 is 0 Å². The first-order valence-electron chi connectivity index (χ1n) is 14.9. The van der Waals surface area contributed by atoms with Crippen LogP contribution in [0.1, 0.15) is 44.1 Å². The minimum Gasteiger partial charge on any atom is -0.494 e. The lowest BCUT2D eigenvalue weighted by molar-refractivity contribution is -0.117. The summed E-state index contributed by atoms with van der Waals surface area (Å²) in [7, 11) is 7.17. The Balaban J connectivity index is 1.28. The summed E-state index contributed by atoms with van der Waals surface area (Å²) in [5.41, 5.74) is 4.07. The second kappa shape index (κ2) is 12.4. The number of aromatic nitrogens is 3. The Labute approximate surface area is 267 Å². The van der Waals surface area contributed by atoms with Crippen molar-refractivity contribution in [2.24, 2.45) is 5.92 Å². The fourth-order valence-corrected chi connectivity index (χ4v) is 6.09. The molecule has 15 heteroatoms. The summed E-state index contributed by atoms with van der Waals surface area (Å²) in [4.78, 5) is 46.1. The molecule has 1 aliphatic heterocycles. The van der Waals surface area contributed by atoms with E-state index in [-0.39, 0.29) is 29.2 Å². The predicted molar refractivity (Wildman–Crippen MR) is 181 cm³/mol. The van der Waals surface area contributed by atoms with Gasteiger partial charge in [-0.25, -0.2) is 4.98 Å². The molecule has 11 nitrogen and oxygen atoms in total. The molecule has 3 heterocycles. The quantitative estimate of drug-likeness (QED) is 0.238. The Hall–Kier alpha value is -4.65. The van der Waals surface area contributed by atoms with Crippen molar-refractivity contribution >= 4 is 69.8 Å². The van der Waals surface area contributed by atoms with Crippen molar-refractivity contribution in [3.63, 3.8) is 0 Å². The average Bonchev–Trinajstić information content (AvgIpc) is 3.76. The number of nitrogens with zero attached hydrogens (tertiary/aromatic N) is 4. The molecule has 1 saturated carbocycles. The zero-order valence-corrected chi connectivity index (χ0v) is 26.5.